The van der Waals surface area contributed by atoms with E-state index >= 15 is 0 Å². The zero-order valence-electron chi connectivity index (χ0n) is 11.3. The lowest BCUT2D eigenvalue weighted by Gasteiger charge is -2.43. The van der Waals surface area contributed by atoms with Gasteiger partial charge >= 0.3 is 0 Å². The molecular formula is C14H19N5O. The highest BCUT2D eigenvalue weighted by Gasteiger charge is 2.32. The van der Waals surface area contributed by atoms with Crippen molar-refractivity contribution < 1.29 is 5.11 Å². The lowest BCUT2D eigenvalue weighted by atomic mass is 10.0. The molecule has 2 aromatic heterocycles. The van der Waals surface area contributed by atoms with E-state index in [1.807, 2.05) is 18.5 Å². The number of nitrogens with zero attached hydrogens (tertiary/aromatic N) is 2. The van der Waals surface area contributed by atoms with Crippen molar-refractivity contribution in [1.29, 1.82) is 0 Å². The van der Waals surface area contributed by atoms with Crippen LogP contribution in [0.15, 0.2) is 18.5 Å². The summed E-state index contributed by atoms with van der Waals surface area (Å²) in [7, 11) is 0. The highest BCUT2D eigenvalue weighted by atomic mass is 16.3. The average molecular weight is 273 g/mol. The topological polar surface area (TPSA) is 76.2 Å². The van der Waals surface area contributed by atoms with Gasteiger partial charge in [-0.1, -0.05) is 0 Å². The van der Waals surface area contributed by atoms with Crippen molar-refractivity contribution in [1.82, 2.24) is 20.6 Å². The SMILES string of the molecule is OC1NCc2cnc3[nH]ccc3c2N1C1CCNCC1. The van der Waals surface area contributed by atoms with Crippen molar-refractivity contribution in [2.75, 3.05) is 18.0 Å². The van der Waals surface area contributed by atoms with Crippen LogP contribution in [0.1, 0.15) is 18.4 Å². The third kappa shape index (κ3) is 1.80. The predicted octanol–water partition coefficient (Wildman–Crippen LogP) is 0.500. The molecule has 0 aliphatic carbocycles. The molecule has 0 bridgehead atoms. The largest absolute Gasteiger partial charge is 0.361 e. The lowest BCUT2D eigenvalue weighted by molar-refractivity contribution is 0.109. The second-order valence-corrected chi connectivity index (χ2v) is 5.52. The fourth-order valence-corrected chi connectivity index (χ4v) is 3.36. The summed E-state index contributed by atoms with van der Waals surface area (Å²) in [6.07, 6.45) is 5.29. The molecule has 0 aromatic carbocycles. The van der Waals surface area contributed by atoms with Gasteiger partial charge in [0.2, 0.25) is 0 Å². The Morgan fingerprint density at radius 1 is 1.30 bits per heavy atom. The van der Waals surface area contributed by atoms with Crippen molar-refractivity contribution in [2.45, 2.75) is 31.8 Å². The molecule has 106 valence electrons. The number of rotatable bonds is 1. The van der Waals surface area contributed by atoms with Crippen LogP contribution in [0.3, 0.4) is 0 Å². The van der Waals surface area contributed by atoms with Gasteiger partial charge in [-0.15, -0.1) is 0 Å². The van der Waals surface area contributed by atoms with Crippen LogP contribution in [-0.4, -0.2) is 40.6 Å². The first kappa shape index (κ1) is 12.1. The quantitative estimate of drug-likeness (QED) is 0.609. The smallest absolute Gasteiger partial charge is 0.184 e. The number of piperidine rings is 1. The van der Waals surface area contributed by atoms with E-state index in [-0.39, 0.29) is 0 Å². The molecule has 6 heteroatoms. The average Bonchev–Trinajstić information content (AvgIpc) is 2.96. The standard InChI is InChI=1S/C14H19N5O/c20-14-18-8-9-7-17-13-11(3-6-16-13)12(9)19(14)10-1-4-15-5-2-10/h3,6-7,10,14-15,18,20H,1-2,4-5,8H2,(H,16,17). The first-order valence-corrected chi connectivity index (χ1v) is 7.20. The molecule has 1 unspecified atom stereocenters. The van der Waals surface area contributed by atoms with Gasteiger partial charge in [-0.25, -0.2) is 4.98 Å². The van der Waals surface area contributed by atoms with Gasteiger partial charge in [-0.3, -0.25) is 5.32 Å². The number of hydrogen-bond donors (Lipinski definition) is 4. The summed E-state index contributed by atoms with van der Waals surface area (Å²) in [5, 5.41) is 18.1. The Morgan fingerprint density at radius 3 is 3.00 bits per heavy atom. The third-order valence-electron chi connectivity index (χ3n) is 4.33. The van der Waals surface area contributed by atoms with E-state index in [0.29, 0.717) is 12.6 Å². The summed E-state index contributed by atoms with van der Waals surface area (Å²) < 4.78 is 0. The summed E-state index contributed by atoms with van der Waals surface area (Å²) >= 11 is 0. The Bertz CT molecular complexity index is 619. The number of nitrogens with one attached hydrogen (secondary N) is 3. The molecule has 4 heterocycles. The van der Waals surface area contributed by atoms with Crippen LogP contribution in [0.2, 0.25) is 0 Å². The van der Waals surface area contributed by atoms with Gasteiger partial charge in [0.15, 0.2) is 6.35 Å². The van der Waals surface area contributed by atoms with Crippen LogP contribution >= 0.6 is 0 Å². The Labute approximate surface area is 117 Å². The maximum atomic E-state index is 10.4. The molecule has 1 saturated heterocycles. The third-order valence-corrected chi connectivity index (χ3v) is 4.33. The van der Waals surface area contributed by atoms with Gasteiger partial charge in [0, 0.05) is 35.9 Å². The van der Waals surface area contributed by atoms with Crippen LogP contribution < -0.4 is 15.5 Å². The molecule has 0 spiro atoms. The molecule has 0 saturated carbocycles. The Kier molecular flexibility index (Phi) is 2.87. The molecule has 2 aliphatic heterocycles. The second-order valence-electron chi connectivity index (χ2n) is 5.52. The minimum absolute atomic E-state index is 0.360. The van der Waals surface area contributed by atoms with Gasteiger partial charge in [0.25, 0.3) is 0 Å². The van der Waals surface area contributed by atoms with Crippen molar-refractivity contribution in [3.8, 4) is 0 Å². The number of aliphatic hydroxyl groups is 1. The Hall–Kier alpha value is -1.63. The van der Waals surface area contributed by atoms with E-state index in [0.717, 1.165) is 48.2 Å². The van der Waals surface area contributed by atoms with Gasteiger partial charge in [0.1, 0.15) is 5.65 Å². The van der Waals surface area contributed by atoms with Crippen LogP contribution in [0.25, 0.3) is 11.0 Å². The van der Waals surface area contributed by atoms with E-state index < -0.39 is 6.35 Å². The molecule has 4 rings (SSSR count). The maximum Gasteiger partial charge on any atom is 0.184 e. The highest BCUT2D eigenvalue weighted by Crippen LogP contribution is 2.35. The second kappa shape index (κ2) is 4.73. The minimum atomic E-state index is -0.619. The van der Waals surface area contributed by atoms with Gasteiger partial charge in [-0.2, -0.15) is 0 Å². The van der Waals surface area contributed by atoms with Crippen molar-refractivity contribution in [3.63, 3.8) is 0 Å². The van der Waals surface area contributed by atoms with Crippen LogP contribution in [-0.2, 0) is 6.54 Å². The monoisotopic (exact) mass is 273 g/mol. The van der Waals surface area contributed by atoms with Crippen molar-refractivity contribution in [3.05, 3.63) is 24.0 Å². The Morgan fingerprint density at radius 2 is 2.15 bits per heavy atom. The zero-order valence-corrected chi connectivity index (χ0v) is 11.3. The predicted molar refractivity (Wildman–Crippen MR) is 77.3 cm³/mol. The molecule has 1 atom stereocenters. The van der Waals surface area contributed by atoms with E-state index in [9.17, 15) is 5.11 Å². The van der Waals surface area contributed by atoms with E-state index in [4.69, 9.17) is 0 Å². The minimum Gasteiger partial charge on any atom is -0.361 e. The zero-order chi connectivity index (χ0) is 13.5. The number of aliphatic hydroxyl groups excluding tert-OH is 1. The fourth-order valence-electron chi connectivity index (χ4n) is 3.36. The summed E-state index contributed by atoms with van der Waals surface area (Å²) in [5.74, 6) is 0. The molecule has 6 nitrogen and oxygen atoms in total. The number of aromatic amines is 1. The van der Waals surface area contributed by atoms with Crippen molar-refractivity contribution >= 4 is 16.7 Å². The summed E-state index contributed by atoms with van der Waals surface area (Å²) in [5.41, 5.74) is 3.17. The van der Waals surface area contributed by atoms with Crippen LogP contribution in [0.5, 0.6) is 0 Å². The summed E-state index contributed by atoms with van der Waals surface area (Å²) in [4.78, 5) is 9.74. The molecule has 0 radical (unpaired) electrons. The number of pyridine rings is 1. The van der Waals surface area contributed by atoms with Crippen LogP contribution in [0.4, 0.5) is 5.69 Å². The number of H-pyrrole nitrogens is 1. The molecule has 2 aromatic rings. The molecule has 0 amide bonds. The van der Waals surface area contributed by atoms with Gasteiger partial charge < -0.3 is 20.3 Å². The summed E-state index contributed by atoms with van der Waals surface area (Å²) in [6, 6.07) is 2.41. The fraction of sp³-hybridized carbons (Fsp3) is 0.500. The first-order valence-electron chi connectivity index (χ1n) is 7.20. The normalized spacial score (nSPS) is 24.1. The van der Waals surface area contributed by atoms with Gasteiger partial charge in [-0.05, 0) is 32.0 Å². The maximum absolute atomic E-state index is 10.4. The number of anilines is 1. The van der Waals surface area contributed by atoms with Gasteiger partial charge in [0.05, 0.1) is 5.69 Å². The number of hydrogen-bond acceptors (Lipinski definition) is 5. The Balaban J connectivity index is 1.84. The molecule has 4 N–H and O–H groups in total. The van der Waals surface area contributed by atoms with E-state index in [1.54, 1.807) is 0 Å². The first-order chi connectivity index (χ1) is 9.84. The van der Waals surface area contributed by atoms with Crippen LogP contribution in [0, 0.1) is 0 Å². The summed E-state index contributed by atoms with van der Waals surface area (Å²) in [6.45, 7) is 2.67. The molecule has 1 fully saturated rings. The molecule has 20 heavy (non-hydrogen) atoms. The number of fused-ring (bicyclic) bond motifs is 3. The highest BCUT2D eigenvalue weighted by molar-refractivity contribution is 5.92. The van der Waals surface area contributed by atoms with E-state index in [2.05, 4.69) is 25.5 Å². The van der Waals surface area contributed by atoms with E-state index in [1.165, 1.54) is 0 Å². The van der Waals surface area contributed by atoms with Crippen molar-refractivity contribution in [2.24, 2.45) is 0 Å². The molecule has 2 aliphatic rings. The number of aromatic nitrogens is 2. The molecular weight excluding hydrogens is 254 g/mol. The lowest BCUT2D eigenvalue weighted by Crippen LogP contribution is -2.56.